The van der Waals surface area contributed by atoms with Crippen LogP contribution >= 0.6 is 0 Å². The molecule has 0 saturated heterocycles. The van der Waals surface area contributed by atoms with E-state index in [-0.39, 0.29) is 11.8 Å². The Labute approximate surface area is 174 Å². The van der Waals surface area contributed by atoms with Gasteiger partial charge in [-0.25, -0.2) is 9.97 Å². The van der Waals surface area contributed by atoms with Gasteiger partial charge in [-0.05, 0) is 55.9 Å². The molecule has 0 aliphatic heterocycles. The van der Waals surface area contributed by atoms with Crippen molar-refractivity contribution in [2.24, 2.45) is 5.92 Å². The summed E-state index contributed by atoms with van der Waals surface area (Å²) >= 11 is 0. The quantitative estimate of drug-likeness (QED) is 0.617. The minimum Gasteiger partial charge on any atom is -0.389 e. The zero-order valence-electron chi connectivity index (χ0n) is 16.7. The standard InChI is InChI=1S/C23H23N5O2/c1-12-6-7-25-10-17(12)21-20(14-4-5-15(29)8-14)16-9-19(27-23(30)13-2-3-13)26-11-18(16)22(24)28-21/h6-11,13,15,29H,2-5H2,1H3,(H2,24,28)(H,26,27,30). The van der Waals surface area contributed by atoms with Crippen molar-refractivity contribution >= 4 is 33.9 Å². The van der Waals surface area contributed by atoms with Crippen molar-refractivity contribution in [1.29, 1.82) is 0 Å². The molecule has 2 aliphatic carbocycles. The lowest BCUT2D eigenvalue weighted by Gasteiger charge is -2.17. The van der Waals surface area contributed by atoms with Gasteiger partial charge < -0.3 is 16.2 Å². The maximum atomic E-state index is 12.3. The first-order valence-electron chi connectivity index (χ1n) is 10.2. The van der Waals surface area contributed by atoms with Gasteiger partial charge in [-0.1, -0.05) is 6.08 Å². The minimum atomic E-state index is -0.480. The second-order valence-electron chi connectivity index (χ2n) is 8.09. The van der Waals surface area contributed by atoms with Crippen molar-refractivity contribution in [3.05, 3.63) is 47.9 Å². The number of hydrogen-bond acceptors (Lipinski definition) is 6. The Kier molecular flexibility index (Phi) is 4.47. The SMILES string of the molecule is Cc1ccncc1-c1nc(N)c2cnc(NC(=O)C3CC3)cc2c1C1=CC(O)CC1. The molecule has 0 spiro atoms. The van der Waals surface area contributed by atoms with Gasteiger partial charge in [0.25, 0.3) is 0 Å². The number of carbonyl (C=O) groups excluding carboxylic acids is 1. The molecule has 7 heteroatoms. The van der Waals surface area contributed by atoms with E-state index in [1.54, 1.807) is 18.6 Å². The van der Waals surface area contributed by atoms with E-state index < -0.39 is 6.10 Å². The van der Waals surface area contributed by atoms with Crippen molar-refractivity contribution < 1.29 is 9.90 Å². The van der Waals surface area contributed by atoms with Gasteiger partial charge in [0.15, 0.2) is 0 Å². The fourth-order valence-electron chi connectivity index (χ4n) is 4.02. The number of rotatable bonds is 4. The van der Waals surface area contributed by atoms with Crippen LogP contribution in [0.3, 0.4) is 0 Å². The number of aliphatic hydroxyl groups excluding tert-OH is 1. The molecule has 3 heterocycles. The zero-order valence-corrected chi connectivity index (χ0v) is 16.7. The summed E-state index contributed by atoms with van der Waals surface area (Å²) in [5.41, 5.74) is 10.9. The normalized spacial score (nSPS) is 18.5. The molecular weight excluding hydrogens is 378 g/mol. The average molecular weight is 401 g/mol. The third kappa shape index (κ3) is 3.31. The summed E-state index contributed by atoms with van der Waals surface area (Å²) in [5.74, 6) is 0.966. The fraction of sp³-hybridized carbons (Fsp3) is 0.304. The Bertz CT molecular complexity index is 1200. The molecule has 1 fully saturated rings. The number of carbonyl (C=O) groups is 1. The van der Waals surface area contributed by atoms with Gasteiger partial charge in [-0.3, -0.25) is 9.78 Å². The highest BCUT2D eigenvalue weighted by Gasteiger charge is 2.30. The van der Waals surface area contributed by atoms with E-state index in [4.69, 9.17) is 10.7 Å². The van der Waals surface area contributed by atoms with Gasteiger partial charge in [0.2, 0.25) is 5.91 Å². The number of aliphatic hydroxyl groups is 1. The third-order valence-corrected chi connectivity index (χ3v) is 5.84. The molecule has 152 valence electrons. The number of nitrogen functional groups attached to an aromatic ring is 1. The summed E-state index contributed by atoms with van der Waals surface area (Å²) in [6.07, 6.45) is 9.86. The lowest BCUT2D eigenvalue weighted by atomic mass is 9.93. The molecule has 1 amide bonds. The molecule has 1 atom stereocenters. The van der Waals surface area contributed by atoms with E-state index in [0.29, 0.717) is 18.1 Å². The molecule has 0 aromatic carbocycles. The number of nitrogens with zero attached hydrogens (tertiary/aromatic N) is 3. The molecule has 5 rings (SSSR count). The molecule has 1 saturated carbocycles. The van der Waals surface area contributed by atoms with Gasteiger partial charge in [0.05, 0.1) is 11.8 Å². The van der Waals surface area contributed by atoms with E-state index >= 15 is 0 Å². The highest BCUT2D eigenvalue weighted by molar-refractivity contribution is 6.05. The topological polar surface area (TPSA) is 114 Å². The first-order chi connectivity index (χ1) is 14.5. The molecule has 1 unspecified atom stereocenters. The number of aromatic nitrogens is 3. The van der Waals surface area contributed by atoms with Gasteiger partial charge in [0.1, 0.15) is 11.6 Å². The molecule has 7 nitrogen and oxygen atoms in total. The van der Waals surface area contributed by atoms with Gasteiger partial charge in [-0.2, -0.15) is 0 Å². The first-order valence-corrected chi connectivity index (χ1v) is 10.2. The lowest BCUT2D eigenvalue weighted by Crippen LogP contribution is -2.14. The van der Waals surface area contributed by atoms with Crippen LogP contribution in [-0.4, -0.2) is 32.1 Å². The van der Waals surface area contributed by atoms with Gasteiger partial charge in [-0.15, -0.1) is 0 Å². The van der Waals surface area contributed by atoms with Crippen LogP contribution in [0.5, 0.6) is 0 Å². The predicted molar refractivity (Wildman–Crippen MR) is 116 cm³/mol. The molecule has 30 heavy (non-hydrogen) atoms. The van der Waals surface area contributed by atoms with Crippen LogP contribution in [0.25, 0.3) is 27.6 Å². The maximum absolute atomic E-state index is 12.3. The molecule has 2 aliphatic rings. The van der Waals surface area contributed by atoms with Crippen LogP contribution in [0.4, 0.5) is 11.6 Å². The van der Waals surface area contributed by atoms with Crippen molar-refractivity contribution in [3.63, 3.8) is 0 Å². The summed E-state index contributed by atoms with van der Waals surface area (Å²) in [5, 5.41) is 14.6. The summed E-state index contributed by atoms with van der Waals surface area (Å²) in [4.78, 5) is 25.6. The Morgan fingerprint density at radius 3 is 2.77 bits per heavy atom. The maximum Gasteiger partial charge on any atom is 0.228 e. The van der Waals surface area contributed by atoms with Crippen LogP contribution in [0.15, 0.2) is 36.8 Å². The molecule has 3 aromatic rings. The summed E-state index contributed by atoms with van der Waals surface area (Å²) in [6, 6.07) is 3.80. The minimum absolute atomic E-state index is 0.00394. The van der Waals surface area contributed by atoms with Gasteiger partial charge >= 0.3 is 0 Å². The van der Waals surface area contributed by atoms with E-state index in [1.807, 2.05) is 25.1 Å². The number of hydrogen-bond donors (Lipinski definition) is 3. The highest BCUT2D eigenvalue weighted by Crippen LogP contribution is 2.41. The van der Waals surface area contributed by atoms with Crippen molar-refractivity contribution in [3.8, 4) is 11.3 Å². The number of nitrogens with one attached hydrogen (secondary N) is 1. The van der Waals surface area contributed by atoms with Crippen molar-refractivity contribution in [2.75, 3.05) is 11.1 Å². The summed E-state index contributed by atoms with van der Waals surface area (Å²) in [6.45, 7) is 2.01. The van der Waals surface area contributed by atoms with E-state index in [9.17, 15) is 9.90 Å². The predicted octanol–water partition coefficient (Wildman–Crippen LogP) is 3.47. The number of aryl methyl sites for hydroxylation is 1. The molecule has 4 N–H and O–H groups in total. The summed E-state index contributed by atoms with van der Waals surface area (Å²) < 4.78 is 0. The second-order valence-corrected chi connectivity index (χ2v) is 8.09. The van der Waals surface area contributed by atoms with Crippen LogP contribution in [0, 0.1) is 12.8 Å². The Morgan fingerprint density at radius 2 is 2.07 bits per heavy atom. The zero-order chi connectivity index (χ0) is 20.8. The number of nitrogens with two attached hydrogens (primary N) is 1. The monoisotopic (exact) mass is 401 g/mol. The first kappa shape index (κ1) is 18.7. The van der Waals surface area contributed by atoms with E-state index in [1.165, 1.54) is 0 Å². The second kappa shape index (κ2) is 7.18. The number of amides is 1. The lowest BCUT2D eigenvalue weighted by molar-refractivity contribution is -0.117. The number of fused-ring (bicyclic) bond motifs is 1. The Morgan fingerprint density at radius 1 is 1.23 bits per heavy atom. The number of allylic oxidation sites excluding steroid dienone is 1. The van der Waals surface area contributed by atoms with Crippen LogP contribution < -0.4 is 11.1 Å². The molecular formula is C23H23N5O2. The molecule has 3 aromatic heterocycles. The molecule has 0 bridgehead atoms. The van der Waals surface area contributed by atoms with E-state index in [0.717, 1.165) is 58.0 Å². The summed E-state index contributed by atoms with van der Waals surface area (Å²) in [7, 11) is 0. The van der Waals surface area contributed by atoms with Gasteiger partial charge in [0, 0.05) is 46.4 Å². The Hall–Kier alpha value is -3.32. The van der Waals surface area contributed by atoms with Crippen LogP contribution in [-0.2, 0) is 4.79 Å². The number of anilines is 2. The Balaban J connectivity index is 1.75. The third-order valence-electron chi connectivity index (χ3n) is 5.84. The van der Waals surface area contributed by atoms with Crippen molar-refractivity contribution in [1.82, 2.24) is 15.0 Å². The van der Waals surface area contributed by atoms with Crippen LogP contribution in [0.1, 0.15) is 36.8 Å². The smallest absolute Gasteiger partial charge is 0.228 e. The molecule has 0 radical (unpaired) electrons. The number of pyridine rings is 3. The van der Waals surface area contributed by atoms with Crippen molar-refractivity contribution in [2.45, 2.75) is 38.7 Å². The fourth-order valence-corrected chi connectivity index (χ4v) is 4.02. The average Bonchev–Trinajstić information content (AvgIpc) is 3.50. The van der Waals surface area contributed by atoms with E-state index in [2.05, 4.69) is 15.3 Å². The largest absolute Gasteiger partial charge is 0.389 e. The highest BCUT2D eigenvalue weighted by atomic mass is 16.3. The van der Waals surface area contributed by atoms with Crippen LogP contribution in [0.2, 0.25) is 0 Å².